The zero-order chi connectivity index (χ0) is 18.6. The first-order valence-corrected chi connectivity index (χ1v) is 10.9. The fourth-order valence-corrected chi connectivity index (χ4v) is 5.56. The summed E-state index contributed by atoms with van der Waals surface area (Å²) in [6.07, 6.45) is 3.48. The molecule has 1 N–H and O–H groups in total. The molecule has 1 atom stereocenters. The number of ether oxygens (including phenoxy) is 1. The van der Waals surface area contributed by atoms with Gasteiger partial charge in [0.2, 0.25) is 0 Å². The third-order valence-corrected chi connectivity index (χ3v) is 7.31. The molecule has 8 heteroatoms. The molecular formula is C18H17BrN2O3S2. The number of pyridine rings is 1. The molecule has 0 aliphatic heterocycles. The number of nitrogens with zero attached hydrogens (tertiary/aromatic N) is 1. The first kappa shape index (κ1) is 19.0. The van der Waals surface area contributed by atoms with Gasteiger partial charge in [-0.15, -0.1) is 11.3 Å². The summed E-state index contributed by atoms with van der Waals surface area (Å²) in [6, 6.07) is 14.1. The summed E-state index contributed by atoms with van der Waals surface area (Å²) < 4.78 is 34.3. The van der Waals surface area contributed by atoms with Gasteiger partial charge >= 0.3 is 0 Å². The highest BCUT2D eigenvalue weighted by atomic mass is 79.9. The topological polar surface area (TPSA) is 68.3 Å². The first-order chi connectivity index (χ1) is 12.4. The van der Waals surface area contributed by atoms with E-state index < -0.39 is 10.0 Å². The number of nitrogens with one attached hydrogen (secondary N) is 1. The zero-order valence-electron chi connectivity index (χ0n) is 13.9. The summed E-state index contributed by atoms with van der Waals surface area (Å²) in [4.78, 5) is 4.05. The molecule has 0 spiro atoms. The molecule has 0 aliphatic carbocycles. The van der Waals surface area contributed by atoms with E-state index in [1.165, 1.54) is 11.3 Å². The van der Waals surface area contributed by atoms with E-state index in [0.717, 1.165) is 20.7 Å². The molecule has 0 bridgehead atoms. The van der Waals surface area contributed by atoms with Crippen molar-refractivity contribution in [3.63, 3.8) is 0 Å². The Morgan fingerprint density at radius 3 is 2.58 bits per heavy atom. The number of hydrogen-bond donors (Lipinski definition) is 1. The van der Waals surface area contributed by atoms with Crippen molar-refractivity contribution in [1.82, 2.24) is 9.71 Å². The van der Waals surface area contributed by atoms with E-state index in [0.29, 0.717) is 6.61 Å². The van der Waals surface area contributed by atoms with E-state index in [9.17, 15) is 8.42 Å². The van der Waals surface area contributed by atoms with Gasteiger partial charge in [0, 0.05) is 24.0 Å². The Hall–Kier alpha value is -1.74. The van der Waals surface area contributed by atoms with Crippen LogP contribution in [0.4, 0.5) is 0 Å². The van der Waals surface area contributed by atoms with Crippen LogP contribution in [-0.2, 0) is 16.6 Å². The Kier molecular flexibility index (Phi) is 6.08. The monoisotopic (exact) mass is 452 g/mol. The Bertz CT molecular complexity index is 958. The lowest BCUT2D eigenvalue weighted by molar-refractivity contribution is 0.305. The van der Waals surface area contributed by atoms with Crippen molar-refractivity contribution in [1.29, 1.82) is 0 Å². The van der Waals surface area contributed by atoms with E-state index in [4.69, 9.17) is 4.74 Å². The lowest BCUT2D eigenvalue weighted by Crippen LogP contribution is -2.26. The van der Waals surface area contributed by atoms with Crippen LogP contribution in [0.1, 0.15) is 24.1 Å². The van der Waals surface area contributed by atoms with Crippen LogP contribution in [0.2, 0.25) is 0 Å². The second kappa shape index (κ2) is 8.30. The van der Waals surface area contributed by atoms with Crippen molar-refractivity contribution in [3.05, 3.63) is 75.8 Å². The van der Waals surface area contributed by atoms with Gasteiger partial charge in [-0.2, -0.15) is 0 Å². The quantitative estimate of drug-likeness (QED) is 0.571. The van der Waals surface area contributed by atoms with E-state index in [1.54, 1.807) is 24.5 Å². The van der Waals surface area contributed by atoms with E-state index in [-0.39, 0.29) is 10.3 Å². The average Bonchev–Trinajstić information content (AvgIpc) is 3.08. The number of hydrogen-bond acceptors (Lipinski definition) is 5. The van der Waals surface area contributed by atoms with Crippen LogP contribution in [0.15, 0.2) is 68.9 Å². The molecule has 3 aromatic rings. The van der Waals surface area contributed by atoms with Gasteiger partial charge in [-0.3, -0.25) is 4.98 Å². The summed E-state index contributed by atoms with van der Waals surface area (Å²) in [5.41, 5.74) is 1.85. The summed E-state index contributed by atoms with van der Waals surface area (Å²) in [5.74, 6) is 0.717. The molecule has 0 amide bonds. The van der Waals surface area contributed by atoms with Gasteiger partial charge in [-0.25, -0.2) is 13.1 Å². The predicted octanol–water partition coefficient (Wildman–Crippen LogP) is 4.52. The Morgan fingerprint density at radius 2 is 1.96 bits per heavy atom. The molecule has 0 saturated heterocycles. The molecule has 1 unspecified atom stereocenters. The maximum atomic E-state index is 12.4. The normalized spacial score (nSPS) is 12.7. The van der Waals surface area contributed by atoms with Gasteiger partial charge in [0.15, 0.2) is 0 Å². The number of thiophene rings is 1. The fraction of sp³-hybridized carbons (Fsp3) is 0.167. The molecule has 0 radical (unpaired) electrons. The lowest BCUT2D eigenvalue weighted by atomic mass is 10.1. The summed E-state index contributed by atoms with van der Waals surface area (Å²) >= 11 is 4.46. The number of sulfonamides is 1. The SMILES string of the molecule is CC(NS(=O)(=O)c1ccc(Br)s1)c1ccc(OCc2cccnc2)cc1. The van der Waals surface area contributed by atoms with Gasteiger partial charge in [0.25, 0.3) is 10.0 Å². The Labute approximate surface area is 165 Å². The highest BCUT2D eigenvalue weighted by Gasteiger charge is 2.20. The molecule has 0 aliphatic rings. The third-order valence-electron chi connectivity index (χ3n) is 3.65. The van der Waals surface area contributed by atoms with E-state index in [1.807, 2.05) is 43.3 Å². The van der Waals surface area contributed by atoms with Crippen LogP contribution >= 0.6 is 27.3 Å². The second-order valence-electron chi connectivity index (χ2n) is 5.62. The van der Waals surface area contributed by atoms with Crippen LogP contribution in [0.5, 0.6) is 5.75 Å². The summed E-state index contributed by atoms with van der Waals surface area (Å²) in [5, 5.41) is 0. The summed E-state index contributed by atoms with van der Waals surface area (Å²) in [7, 11) is -3.54. The van der Waals surface area contributed by atoms with Crippen molar-refractivity contribution >= 4 is 37.3 Å². The van der Waals surface area contributed by atoms with Crippen LogP contribution in [0.25, 0.3) is 0 Å². The fourth-order valence-electron chi connectivity index (χ4n) is 2.30. The smallest absolute Gasteiger partial charge is 0.250 e. The number of rotatable bonds is 7. The molecule has 2 aromatic heterocycles. The molecule has 26 heavy (non-hydrogen) atoms. The molecule has 1 aromatic carbocycles. The minimum atomic E-state index is -3.54. The standard InChI is InChI=1S/C18H17BrN2O3S2/c1-13(21-26(22,23)18-9-8-17(19)25-18)15-4-6-16(7-5-15)24-12-14-3-2-10-20-11-14/h2-11,13,21H,12H2,1H3. The van der Waals surface area contributed by atoms with Gasteiger partial charge in [0.1, 0.15) is 16.6 Å². The number of aromatic nitrogens is 1. The molecule has 0 fully saturated rings. The molecule has 3 rings (SSSR count). The second-order valence-corrected chi connectivity index (χ2v) is 10.0. The molecule has 5 nitrogen and oxygen atoms in total. The number of halogens is 1. The molecule has 2 heterocycles. The van der Waals surface area contributed by atoms with E-state index in [2.05, 4.69) is 25.6 Å². The molecular weight excluding hydrogens is 436 g/mol. The van der Waals surface area contributed by atoms with Crippen molar-refractivity contribution in [2.24, 2.45) is 0 Å². The number of benzene rings is 1. The van der Waals surface area contributed by atoms with Crippen molar-refractivity contribution in [3.8, 4) is 5.75 Å². The van der Waals surface area contributed by atoms with Gasteiger partial charge in [-0.05, 0) is 58.7 Å². The largest absolute Gasteiger partial charge is 0.489 e. The highest BCUT2D eigenvalue weighted by Crippen LogP contribution is 2.27. The minimum Gasteiger partial charge on any atom is -0.489 e. The highest BCUT2D eigenvalue weighted by molar-refractivity contribution is 9.11. The van der Waals surface area contributed by atoms with Gasteiger partial charge in [0.05, 0.1) is 3.79 Å². The van der Waals surface area contributed by atoms with Gasteiger partial charge < -0.3 is 4.74 Å². The van der Waals surface area contributed by atoms with E-state index >= 15 is 0 Å². The molecule has 0 saturated carbocycles. The van der Waals surface area contributed by atoms with Crippen LogP contribution in [0, 0.1) is 0 Å². The predicted molar refractivity (Wildman–Crippen MR) is 106 cm³/mol. The van der Waals surface area contributed by atoms with Crippen LogP contribution in [-0.4, -0.2) is 13.4 Å². The maximum Gasteiger partial charge on any atom is 0.250 e. The lowest BCUT2D eigenvalue weighted by Gasteiger charge is -2.14. The molecule has 136 valence electrons. The average molecular weight is 453 g/mol. The maximum absolute atomic E-state index is 12.4. The third kappa shape index (κ3) is 4.91. The van der Waals surface area contributed by atoms with Gasteiger partial charge in [-0.1, -0.05) is 18.2 Å². The van der Waals surface area contributed by atoms with Crippen molar-refractivity contribution < 1.29 is 13.2 Å². The Morgan fingerprint density at radius 1 is 1.19 bits per heavy atom. The van der Waals surface area contributed by atoms with Crippen molar-refractivity contribution in [2.75, 3.05) is 0 Å². The van der Waals surface area contributed by atoms with Crippen LogP contribution in [0.3, 0.4) is 0 Å². The first-order valence-electron chi connectivity index (χ1n) is 7.83. The zero-order valence-corrected chi connectivity index (χ0v) is 17.1. The Balaban J connectivity index is 1.62. The van der Waals surface area contributed by atoms with Crippen molar-refractivity contribution in [2.45, 2.75) is 23.8 Å². The minimum absolute atomic E-state index is 0.285. The summed E-state index contributed by atoms with van der Waals surface area (Å²) in [6.45, 7) is 2.24. The van der Waals surface area contributed by atoms with Crippen LogP contribution < -0.4 is 9.46 Å².